The number of phenolic OH excluding ortho intramolecular Hbond substituents is 1. The van der Waals surface area contributed by atoms with Gasteiger partial charge in [-0.3, -0.25) is 4.98 Å². The molecule has 1 spiro atoms. The van der Waals surface area contributed by atoms with Crippen LogP contribution in [0.1, 0.15) is 17.5 Å². The molecule has 1 saturated heterocycles. The zero-order valence-electron chi connectivity index (χ0n) is 19.7. The molecule has 2 bridgehead atoms. The third-order valence-corrected chi connectivity index (χ3v) is 7.66. The number of aromatic hydroxyl groups is 1. The van der Waals surface area contributed by atoms with E-state index >= 15 is 0 Å². The van der Waals surface area contributed by atoms with Crippen LogP contribution >= 0.6 is 13.5 Å². The first-order chi connectivity index (χ1) is 16.8. The van der Waals surface area contributed by atoms with E-state index in [1.54, 1.807) is 6.07 Å². The largest absolute Gasteiger partial charge is 0.504 e. The lowest BCUT2D eigenvalue weighted by Crippen LogP contribution is -2.64. The SMILES string of the molecule is CN1CC[C@]23c4c5ccc(O)c4O[C@H]2[C@@H](O)C=C[C@H]3[C@H]1C5.FC(F)F.S.c1ccc2ncccc2c1. The minimum absolute atomic E-state index is 0. The molecule has 3 aromatic rings. The van der Waals surface area contributed by atoms with Crippen molar-refractivity contribution in [1.29, 1.82) is 0 Å². The van der Waals surface area contributed by atoms with E-state index in [0.717, 1.165) is 24.9 Å². The Balaban J connectivity index is 0.000000170. The number of alkyl halides is 3. The van der Waals surface area contributed by atoms with Crippen LogP contribution in [-0.4, -0.2) is 58.6 Å². The Morgan fingerprint density at radius 1 is 1.08 bits per heavy atom. The number of likely N-dealkylation sites (tertiary alicyclic amines) is 1. The Kier molecular flexibility index (Phi) is 7.54. The van der Waals surface area contributed by atoms with E-state index in [1.807, 2.05) is 42.6 Å². The summed E-state index contributed by atoms with van der Waals surface area (Å²) in [7, 11) is 2.19. The number of fused-ring (bicyclic) bond motifs is 1. The van der Waals surface area contributed by atoms with Gasteiger partial charge in [0.05, 0.1) is 5.52 Å². The lowest BCUT2D eigenvalue weighted by Gasteiger charge is -2.56. The molecule has 192 valence electrons. The number of rotatable bonds is 0. The topological polar surface area (TPSA) is 65.8 Å². The van der Waals surface area contributed by atoms with Crippen molar-refractivity contribution in [2.24, 2.45) is 5.92 Å². The third-order valence-electron chi connectivity index (χ3n) is 7.66. The second kappa shape index (κ2) is 10.3. The highest BCUT2D eigenvalue weighted by molar-refractivity contribution is 7.59. The number of piperidine rings is 1. The maximum absolute atomic E-state index is 10.4. The second-order valence-corrected chi connectivity index (χ2v) is 9.37. The molecule has 36 heavy (non-hydrogen) atoms. The first kappa shape index (κ1) is 26.3. The maximum Gasteiger partial charge on any atom is 0.379 e. The number of aliphatic hydroxyl groups excluding tert-OH is 1. The van der Waals surface area contributed by atoms with Gasteiger partial charge in [-0.1, -0.05) is 42.5 Å². The van der Waals surface area contributed by atoms with Gasteiger partial charge in [0.2, 0.25) is 0 Å². The van der Waals surface area contributed by atoms with Crippen molar-refractivity contribution in [1.82, 2.24) is 9.88 Å². The number of aromatic nitrogens is 1. The van der Waals surface area contributed by atoms with Crippen molar-refractivity contribution in [3.8, 4) is 11.5 Å². The van der Waals surface area contributed by atoms with Crippen molar-refractivity contribution in [2.75, 3.05) is 13.6 Å². The zero-order chi connectivity index (χ0) is 24.7. The van der Waals surface area contributed by atoms with E-state index in [1.165, 1.54) is 16.5 Å². The van der Waals surface area contributed by atoms with Crippen LogP contribution < -0.4 is 4.74 Å². The van der Waals surface area contributed by atoms with E-state index < -0.39 is 12.8 Å². The fourth-order valence-corrected chi connectivity index (χ4v) is 6.25. The van der Waals surface area contributed by atoms with Gasteiger partial charge in [0.15, 0.2) is 11.5 Å². The van der Waals surface area contributed by atoms with Crippen molar-refractivity contribution in [2.45, 2.75) is 43.2 Å². The summed E-state index contributed by atoms with van der Waals surface area (Å²) in [5.74, 6) is 1.19. The summed E-state index contributed by atoms with van der Waals surface area (Å²) in [6, 6.07) is 16.3. The zero-order valence-corrected chi connectivity index (χ0v) is 20.7. The molecule has 0 unspecified atom stereocenters. The Labute approximate surface area is 214 Å². The van der Waals surface area contributed by atoms with Crippen LogP contribution in [0.4, 0.5) is 13.2 Å². The average molecular weight is 519 g/mol. The summed E-state index contributed by atoms with van der Waals surface area (Å²) < 4.78 is 35.1. The predicted octanol–water partition coefficient (Wildman–Crippen LogP) is 4.72. The molecule has 0 amide bonds. The fourth-order valence-electron chi connectivity index (χ4n) is 6.25. The van der Waals surface area contributed by atoms with Gasteiger partial charge in [0.1, 0.15) is 12.2 Å². The van der Waals surface area contributed by atoms with Crippen molar-refractivity contribution in [3.63, 3.8) is 0 Å². The minimum Gasteiger partial charge on any atom is -0.504 e. The molecule has 9 heteroatoms. The first-order valence-corrected chi connectivity index (χ1v) is 11.6. The molecule has 0 radical (unpaired) electrons. The monoisotopic (exact) mass is 518 g/mol. The van der Waals surface area contributed by atoms with Crippen LogP contribution in [0.25, 0.3) is 10.9 Å². The molecule has 5 nitrogen and oxygen atoms in total. The van der Waals surface area contributed by atoms with Gasteiger partial charge in [-0.15, -0.1) is 0 Å². The Morgan fingerprint density at radius 2 is 1.81 bits per heavy atom. The number of benzene rings is 2. The van der Waals surface area contributed by atoms with Crippen molar-refractivity contribution in [3.05, 3.63) is 78.0 Å². The Morgan fingerprint density at radius 3 is 2.56 bits per heavy atom. The van der Waals surface area contributed by atoms with Gasteiger partial charge < -0.3 is 19.8 Å². The average Bonchev–Trinajstić information content (AvgIpc) is 3.20. The second-order valence-electron chi connectivity index (χ2n) is 9.37. The highest BCUT2D eigenvalue weighted by atomic mass is 32.1. The summed E-state index contributed by atoms with van der Waals surface area (Å²) in [6.45, 7) is -2.66. The van der Waals surface area contributed by atoms with E-state index in [9.17, 15) is 23.4 Å². The molecule has 7 rings (SSSR count). The number of likely N-dealkylation sites (N-methyl/N-ethyl adjacent to an activating group) is 1. The highest BCUT2D eigenvalue weighted by Crippen LogP contribution is 2.62. The summed E-state index contributed by atoms with van der Waals surface area (Å²) in [5, 5.41) is 21.8. The molecule has 1 fully saturated rings. The number of ether oxygens (including phenoxy) is 1. The number of halogens is 3. The van der Waals surface area contributed by atoms with Crippen molar-refractivity contribution >= 4 is 24.4 Å². The smallest absolute Gasteiger partial charge is 0.379 e. The molecular weight excluding hydrogens is 489 g/mol. The van der Waals surface area contributed by atoms with Crippen LogP contribution in [0.5, 0.6) is 11.5 Å². The number of nitrogens with zero attached hydrogens (tertiary/aromatic N) is 2. The fraction of sp³-hybridized carbons (Fsp3) is 0.370. The predicted molar refractivity (Wildman–Crippen MR) is 137 cm³/mol. The highest BCUT2D eigenvalue weighted by Gasteiger charge is 2.64. The van der Waals surface area contributed by atoms with Crippen LogP contribution in [0.2, 0.25) is 0 Å². The number of pyridine rings is 1. The molecule has 2 aliphatic heterocycles. The lowest BCUT2D eigenvalue weighted by atomic mass is 9.53. The molecule has 2 aromatic carbocycles. The van der Waals surface area contributed by atoms with E-state index in [0.29, 0.717) is 17.7 Å². The van der Waals surface area contributed by atoms with Gasteiger partial charge in [-0.25, -0.2) is 0 Å². The minimum atomic E-state index is -3.67. The molecule has 3 heterocycles. The normalized spacial score (nSPS) is 28.6. The van der Waals surface area contributed by atoms with Gasteiger partial charge >= 0.3 is 6.68 Å². The molecule has 5 atom stereocenters. The molecule has 2 aliphatic carbocycles. The number of hydrogen-bond donors (Lipinski definition) is 2. The summed E-state index contributed by atoms with van der Waals surface area (Å²) in [4.78, 5) is 6.61. The number of para-hydroxylation sites is 1. The van der Waals surface area contributed by atoms with E-state index in [2.05, 4.69) is 35.1 Å². The number of aliphatic hydroxyl groups is 1. The lowest BCUT2D eigenvalue weighted by molar-refractivity contribution is -0.0453. The Hall–Kier alpha value is -2.75. The van der Waals surface area contributed by atoms with Gasteiger partial charge in [-0.05, 0) is 50.2 Å². The summed E-state index contributed by atoms with van der Waals surface area (Å²) in [5.41, 5.74) is 3.35. The maximum atomic E-state index is 10.4. The van der Waals surface area contributed by atoms with Gasteiger partial charge in [0, 0.05) is 34.5 Å². The van der Waals surface area contributed by atoms with Crippen LogP contribution in [0.15, 0.2) is 66.9 Å². The van der Waals surface area contributed by atoms with Crippen LogP contribution in [-0.2, 0) is 11.8 Å². The third kappa shape index (κ3) is 4.33. The van der Waals surface area contributed by atoms with E-state index in [-0.39, 0.29) is 30.8 Å². The van der Waals surface area contributed by atoms with E-state index in [4.69, 9.17) is 4.74 Å². The molecule has 0 saturated carbocycles. The Bertz CT molecular complexity index is 1190. The molecule has 2 N–H and O–H groups in total. The molecule has 4 aliphatic rings. The number of hydrogen-bond acceptors (Lipinski definition) is 5. The van der Waals surface area contributed by atoms with Crippen molar-refractivity contribution < 1.29 is 28.1 Å². The van der Waals surface area contributed by atoms with Gasteiger partial charge in [0.25, 0.3) is 0 Å². The molecule has 1 aromatic heterocycles. The van der Waals surface area contributed by atoms with Crippen LogP contribution in [0, 0.1) is 5.92 Å². The van der Waals surface area contributed by atoms with Gasteiger partial charge in [-0.2, -0.15) is 26.7 Å². The summed E-state index contributed by atoms with van der Waals surface area (Å²) in [6.07, 6.45) is 6.99. The summed E-state index contributed by atoms with van der Waals surface area (Å²) >= 11 is 0. The van der Waals surface area contributed by atoms with Crippen LogP contribution in [0.3, 0.4) is 0 Å². The quantitative estimate of drug-likeness (QED) is 0.422. The first-order valence-electron chi connectivity index (χ1n) is 11.6. The standard InChI is InChI=1S/C17H19NO3.C9H7N.CHF3.H2S/c1-18-7-6-17-10-3-5-13(20)16(17)21-15-12(19)4-2-9(14(15)17)8-11(10)18;1-2-6-9-8(4-1)5-3-7-10-9;2-1(3)4;/h2-5,10-11,13,16,19-20H,6-8H2,1H3;1-7H;1H;1H2/t10-,11+,13-,16-,17-;;;/m0.../s1. The number of phenols is 1. The molecular formula is C27H29F3N2O3S.